The number of amides is 1. The summed E-state index contributed by atoms with van der Waals surface area (Å²) in [6, 6.07) is 6.90. The first-order valence-electron chi connectivity index (χ1n) is 12.8. The van der Waals surface area contributed by atoms with Crippen molar-refractivity contribution in [2.75, 3.05) is 31.6 Å². The highest BCUT2D eigenvalue weighted by atomic mass is 16.5. The number of nitrogens with zero attached hydrogens (tertiary/aromatic N) is 4. The number of primary amides is 1. The molecular weight excluding hydrogens is 444 g/mol. The molecule has 10 heteroatoms. The summed E-state index contributed by atoms with van der Waals surface area (Å²) in [6.07, 6.45) is 8.88. The van der Waals surface area contributed by atoms with E-state index in [1.165, 1.54) is 18.5 Å². The Kier molecular flexibility index (Phi) is 6.97. The van der Waals surface area contributed by atoms with Crippen molar-refractivity contribution >= 4 is 22.5 Å². The molecule has 5 atom stereocenters. The minimum atomic E-state index is -0.548. The minimum Gasteiger partial charge on any atom is -0.367 e. The first-order chi connectivity index (χ1) is 17.0. The lowest BCUT2D eigenvalue weighted by Crippen LogP contribution is -2.64. The Hall–Kier alpha value is -2.66. The van der Waals surface area contributed by atoms with Crippen molar-refractivity contribution in [2.45, 2.75) is 63.5 Å². The van der Waals surface area contributed by atoms with Gasteiger partial charge in [0.25, 0.3) is 0 Å². The molecule has 6 N–H and O–H groups in total. The minimum absolute atomic E-state index is 0.178. The lowest BCUT2D eigenvalue weighted by Gasteiger charge is -2.51. The van der Waals surface area contributed by atoms with Crippen LogP contribution in [0.5, 0.6) is 0 Å². The SMILES string of the molecule is CC[C@@H]1CO[C@H](C(N)=O)CN1C1CCCCC1C1=CCN(c2ccc3cn[nH]c3c2)C(NC)N1N. The lowest BCUT2D eigenvalue weighted by atomic mass is 9.79. The van der Waals surface area contributed by atoms with Crippen molar-refractivity contribution in [1.82, 2.24) is 25.4 Å². The smallest absolute Gasteiger partial charge is 0.247 e. The molecule has 0 spiro atoms. The first-order valence-corrected chi connectivity index (χ1v) is 12.8. The van der Waals surface area contributed by atoms with Gasteiger partial charge in [-0.15, -0.1) is 0 Å². The van der Waals surface area contributed by atoms with Gasteiger partial charge in [0.05, 0.1) is 18.3 Å². The summed E-state index contributed by atoms with van der Waals surface area (Å²) in [4.78, 5) is 16.7. The number of nitrogens with two attached hydrogens (primary N) is 2. The molecule has 1 aromatic heterocycles. The number of benzene rings is 1. The van der Waals surface area contributed by atoms with E-state index in [0.717, 1.165) is 42.4 Å². The number of carbonyl (C=O) groups excluding carboxylic acids is 1. The third-order valence-corrected chi connectivity index (χ3v) is 8.03. The van der Waals surface area contributed by atoms with Crippen molar-refractivity contribution in [1.29, 1.82) is 0 Å². The number of hydrogen-bond acceptors (Lipinski definition) is 8. The van der Waals surface area contributed by atoms with E-state index in [0.29, 0.717) is 25.1 Å². The second-order valence-corrected chi connectivity index (χ2v) is 9.93. The van der Waals surface area contributed by atoms with Crippen LogP contribution in [0.1, 0.15) is 39.0 Å². The number of hydrogen-bond donors (Lipinski definition) is 4. The standard InChI is InChI=1S/C25H38N8O2/c1-3-17-15-35-23(24(26)34)14-32(17)21-7-5-4-6-19(21)22-10-11-31(25(28-2)33(22)27)18-9-8-16-13-29-30-20(16)12-18/h8-10,12-13,17,19,21,23,25,28H,3-7,11,14-15,27H2,1-2H3,(H2,26,34)(H,29,30)/t17-,19?,21?,23+,25?/m1/s1. The average Bonchev–Trinajstić information content (AvgIpc) is 3.36. The summed E-state index contributed by atoms with van der Waals surface area (Å²) in [5.74, 6) is 6.76. The highest BCUT2D eigenvalue weighted by Gasteiger charge is 2.42. The molecule has 1 aliphatic carbocycles. The maximum absolute atomic E-state index is 11.9. The molecule has 3 aliphatic rings. The van der Waals surface area contributed by atoms with Gasteiger partial charge in [-0.3, -0.25) is 25.1 Å². The summed E-state index contributed by atoms with van der Waals surface area (Å²) in [5.41, 5.74) is 8.88. The molecule has 3 unspecified atom stereocenters. The maximum atomic E-state index is 11.9. The van der Waals surface area contributed by atoms with Gasteiger partial charge in [-0.1, -0.05) is 19.8 Å². The molecule has 5 rings (SSSR count). The molecule has 1 aromatic carbocycles. The highest BCUT2D eigenvalue weighted by Crippen LogP contribution is 2.39. The van der Waals surface area contributed by atoms with Crippen molar-refractivity contribution in [3.63, 3.8) is 0 Å². The fraction of sp³-hybridized carbons (Fsp3) is 0.600. The lowest BCUT2D eigenvalue weighted by molar-refractivity contribution is -0.143. The number of ether oxygens (including phenoxy) is 1. The molecule has 190 valence electrons. The number of carbonyl (C=O) groups is 1. The molecule has 2 aliphatic heterocycles. The van der Waals surface area contributed by atoms with E-state index in [9.17, 15) is 4.79 Å². The summed E-state index contributed by atoms with van der Waals surface area (Å²) in [7, 11) is 1.94. The topological polar surface area (TPSA) is 129 Å². The van der Waals surface area contributed by atoms with Crippen molar-refractivity contribution in [2.24, 2.45) is 17.5 Å². The number of H-pyrrole nitrogens is 1. The number of anilines is 1. The predicted octanol–water partition coefficient (Wildman–Crippen LogP) is 1.47. The number of aromatic nitrogens is 2. The van der Waals surface area contributed by atoms with Crippen LogP contribution in [0, 0.1) is 5.92 Å². The van der Waals surface area contributed by atoms with Gasteiger partial charge in [-0.25, -0.2) is 5.84 Å². The first kappa shape index (κ1) is 24.1. The van der Waals surface area contributed by atoms with Crippen molar-refractivity contribution < 1.29 is 9.53 Å². The molecule has 2 fully saturated rings. The Morgan fingerprint density at radius 3 is 2.91 bits per heavy atom. The van der Waals surface area contributed by atoms with Gasteiger partial charge in [-0.2, -0.15) is 5.10 Å². The van der Waals surface area contributed by atoms with Gasteiger partial charge in [0.15, 0.2) is 6.29 Å². The van der Waals surface area contributed by atoms with E-state index >= 15 is 0 Å². The molecule has 2 aromatic rings. The summed E-state index contributed by atoms with van der Waals surface area (Å²) >= 11 is 0. The Bertz CT molecular complexity index is 1070. The van der Waals surface area contributed by atoms with Crippen LogP contribution in [0.4, 0.5) is 5.69 Å². The van der Waals surface area contributed by atoms with E-state index in [1.807, 2.05) is 18.3 Å². The van der Waals surface area contributed by atoms with Gasteiger partial charge in [0.1, 0.15) is 6.10 Å². The zero-order chi connectivity index (χ0) is 24.5. The molecule has 1 amide bonds. The third-order valence-electron chi connectivity index (χ3n) is 8.03. The maximum Gasteiger partial charge on any atom is 0.247 e. The second-order valence-electron chi connectivity index (χ2n) is 9.93. The van der Waals surface area contributed by atoms with E-state index in [-0.39, 0.29) is 18.2 Å². The fourth-order valence-corrected chi connectivity index (χ4v) is 6.18. The quantitative estimate of drug-likeness (QED) is 0.456. The number of morpholine rings is 1. The van der Waals surface area contributed by atoms with E-state index < -0.39 is 6.10 Å². The second kappa shape index (κ2) is 10.1. The Balaban J connectivity index is 1.42. The molecule has 1 saturated carbocycles. The number of aromatic amines is 1. The number of hydrazine groups is 1. The molecule has 10 nitrogen and oxygen atoms in total. The number of fused-ring (bicyclic) bond motifs is 1. The Morgan fingerprint density at radius 2 is 2.14 bits per heavy atom. The average molecular weight is 483 g/mol. The van der Waals surface area contributed by atoms with Crippen molar-refractivity contribution in [3.8, 4) is 0 Å². The molecule has 1 saturated heterocycles. The molecule has 0 bridgehead atoms. The van der Waals surface area contributed by atoms with Crippen LogP contribution in [0.2, 0.25) is 0 Å². The van der Waals surface area contributed by atoms with Gasteiger partial charge >= 0.3 is 0 Å². The molecular formula is C25H38N8O2. The van der Waals surface area contributed by atoms with Crippen LogP contribution >= 0.6 is 0 Å². The number of nitrogens with one attached hydrogen (secondary N) is 2. The van der Waals surface area contributed by atoms with E-state index in [2.05, 4.69) is 56.5 Å². The molecule has 35 heavy (non-hydrogen) atoms. The van der Waals surface area contributed by atoms with Crippen LogP contribution < -0.4 is 21.8 Å². The van der Waals surface area contributed by atoms with Gasteiger partial charge in [0, 0.05) is 47.9 Å². The van der Waals surface area contributed by atoms with Crippen LogP contribution in [0.15, 0.2) is 36.2 Å². The van der Waals surface area contributed by atoms with Gasteiger partial charge in [-0.05, 0) is 50.6 Å². The fourth-order valence-electron chi connectivity index (χ4n) is 6.18. The van der Waals surface area contributed by atoms with Crippen LogP contribution in [0.3, 0.4) is 0 Å². The summed E-state index contributed by atoms with van der Waals surface area (Å²) < 4.78 is 5.80. The Labute approximate surface area is 206 Å². The zero-order valence-corrected chi connectivity index (χ0v) is 20.7. The van der Waals surface area contributed by atoms with Gasteiger partial charge < -0.3 is 15.4 Å². The van der Waals surface area contributed by atoms with Crippen LogP contribution in [-0.4, -0.2) is 77.2 Å². The van der Waals surface area contributed by atoms with Gasteiger partial charge in [0.2, 0.25) is 5.91 Å². The van der Waals surface area contributed by atoms with Crippen LogP contribution in [-0.2, 0) is 9.53 Å². The summed E-state index contributed by atoms with van der Waals surface area (Å²) in [6.45, 7) is 4.03. The van der Waals surface area contributed by atoms with Crippen LogP contribution in [0.25, 0.3) is 10.9 Å². The highest BCUT2D eigenvalue weighted by molar-refractivity contribution is 5.82. The van der Waals surface area contributed by atoms with E-state index in [4.69, 9.17) is 16.3 Å². The normalized spacial score (nSPS) is 30.5. The Morgan fingerprint density at radius 1 is 1.31 bits per heavy atom. The monoisotopic (exact) mass is 482 g/mol. The van der Waals surface area contributed by atoms with Crippen molar-refractivity contribution in [3.05, 3.63) is 36.2 Å². The van der Waals surface area contributed by atoms with E-state index in [1.54, 1.807) is 0 Å². The largest absolute Gasteiger partial charge is 0.367 e. The molecule has 0 radical (unpaired) electrons. The molecule has 3 heterocycles. The number of rotatable bonds is 6. The predicted molar refractivity (Wildman–Crippen MR) is 136 cm³/mol. The summed E-state index contributed by atoms with van der Waals surface area (Å²) in [5, 5.41) is 13.6. The zero-order valence-electron chi connectivity index (χ0n) is 20.7. The third kappa shape index (κ3) is 4.51.